The molecule has 1 unspecified atom stereocenters. The molecule has 0 aliphatic rings. The third-order valence-corrected chi connectivity index (χ3v) is 1.59. The fraction of sp³-hybridized carbons (Fsp3) is 0.500. The van der Waals surface area contributed by atoms with Gasteiger partial charge in [0, 0.05) is 13.0 Å². The topological polar surface area (TPSA) is 105 Å². The maximum atomic E-state index is 11.4. The molecule has 1 amide bonds. The van der Waals surface area contributed by atoms with Crippen LogP contribution in [0.4, 0.5) is 0 Å². The van der Waals surface area contributed by atoms with Gasteiger partial charge in [0.15, 0.2) is 0 Å². The van der Waals surface area contributed by atoms with Gasteiger partial charge in [-0.05, 0) is 6.92 Å². The van der Waals surface area contributed by atoms with Gasteiger partial charge in [0.1, 0.15) is 0 Å². The molecule has 0 aliphatic carbocycles. The molecular weight excluding hydrogens is 202 g/mol. The van der Waals surface area contributed by atoms with Crippen LogP contribution in [0.3, 0.4) is 0 Å². The normalized spacial score (nSPS) is 12.1. The minimum absolute atomic E-state index is 0.0928. The summed E-state index contributed by atoms with van der Waals surface area (Å²) in [4.78, 5) is 25.4. The zero-order chi connectivity index (χ0) is 11.4. The van der Waals surface area contributed by atoms with E-state index in [9.17, 15) is 9.59 Å². The minimum Gasteiger partial charge on any atom is -0.481 e. The summed E-state index contributed by atoms with van der Waals surface area (Å²) in [5.74, 6) is -1.33. The van der Waals surface area contributed by atoms with E-state index in [0.717, 1.165) is 0 Å². The highest BCUT2D eigenvalue weighted by Gasteiger charge is 2.16. The molecule has 82 valence electrons. The first-order chi connectivity index (χ1) is 6.99. The summed E-state index contributed by atoms with van der Waals surface area (Å²) in [5.41, 5.74) is 0. The van der Waals surface area contributed by atoms with Crippen LogP contribution in [0.25, 0.3) is 0 Å². The lowest BCUT2D eigenvalue weighted by atomic mass is 10.2. The molecule has 7 heteroatoms. The van der Waals surface area contributed by atoms with Gasteiger partial charge < -0.3 is 14.9 Å². The van der Waals surface area contributed by atoms with Crippen molar-refractivity contribution in [3.63, 3.8) is 0 Å². The molecule has 0 radical (unpaired) electrons. The van der Waals surface area contributed by atoms with E-state index in [-0.39, 0.29) is 18.1 Å². The maximum absolute atomic E-state index is 11.4. The van der Waals surface area contributed by atoms with Gasteiger partial charge >= 0.3 is 5.97 Å². The van der Waals surface area contributed by atoms with E-state index in [1.807, 2.05) is 0 Å². The minimum atomic E-state index is -0.980. The van der Waals surface area contributed by atoms with Gasteiger partial charge in [-0.2, -0.15) is 4.98 Å². The van der Waals surface area contributed by atoms with Crippen LogP contribution >= 0.6 is 0 Å². The summed E-state index contributed by atoms with van der Waals surface area (Å²) >= 11 is 0. The van der Waals surface area contributed by atoms with Crippen molar-refractivity contribution < 1.29 is 19.2 Å². The smallest absolute Gasteiger partial charge is 0.305 e. The summed E-state index contributed by atoms with van der Waals surface area (Å²) in [7, 11) is 0. The van der Waals surface area contributed by atoms with Crippen LogP contribution < -0.4 is 5.32 Å². The highest BCUT2D eigenvalue weighted by molar-refractivity contribution is 5.90. The van der Waals surface area contributed by atoms with Crippen LogP contribution in [0.2, 0.25) is 0 Å². The Labute approximate surface area is 85.5 Å². The standard InChI is InChI=1S/C8H11N3O4/c1-4(3-6(12)13)9-8(14)7-10-5(2)15-11-7/h4H,3H2,1-2H3,(H,9,14)(H,12,13). The van der Waals surface area contributed by atoms with Crippen LogP contribution in [-0.2, 0) is 4.79 Å². The van der Waals surface area contributed by atoms with Gasteiger partial charge in [-0.25, -0.2) is 0 Å². The lowest BCUT2D eigenvalue weighted by Gasteiger charge is -2.08. The van der Waals surface area contributed by atoms with Crippen LogP contribution in [0.5, 0.6) is 0 Å². The fourth-order valence-corrected chi connectivity index (χ4v) is 0.993. The highest BCUT2D eigenvalue weighted by Crippen LogP contribution is 1.97. The lowest BCUT2D eigenvalue weighted by Crippen LogP contribution is -2.34. The van der Waals surface area contributed by atoms with Crippen molar-refractivity contribution >= 4 is 11.9 Å². The molecule has 1 rings (SSSR count). The van der Waals surface area contributed by atoms with E-state index in [1.54, 1.807) is 13.8 Å². The maximum Gasteiger partial charge on any atom is 0.305 e. The Kier molecular flexibility index (Phi) is 3.37. The van der Waals surface area contributed by atoms with Crippen LogP contribution in [0, 0.1) is 6.92 Å². The Morgan fingerprint density at radius 3 is 2.73 bits per heavy atom. The molecule has 1 aromatic rings. The van der Waals surface area contributed by atoms with E-state index < -0.39 is 17.9 Å². The number of amides is 1. The number of nitrogens with one attached hydrogen (secondary N) is 1. The number of rotatable bonds is 4. The number of aromatic nitrogens is 2. The van der Waals surface area contributed by atoms with Crippen molar-refractivity contribution in [1.29, 1.82) is 0 Å². The molecule has 1 aromatic heterocycles. The molecule has 1 heterocycles. The number of aryl methyl sites for hydroxylation is 1. The van der Waals surface area contributed by atoms with Crippen molar-refractivity contribution in [2.24, 2.45) is 0 Å². The van der Waals surface area contributed by atoms with E-state index in [1.165, 1.54) is 0 Å². The van der Waals surface area contributed by atoms with Gasteiger partial charge in [0.25, 0.3) is 11.7 Å². The summed E-state index contributed by atoms with van der Waals surface area (Å²) in [6, 6.07) is -0.478. The number of hydrogen-bond acceptors (Lipinski definition) is 5. The largest absolute Gasteiger partial charge is 0.481 e. The number of nitrogens with zero attached hydrogens (tertiary/aromatic N) is 2. The number of carboxylic acids is 1. The lowest BCUT2D eigenvalue weighted by molar-refractivity contribution is -0.137. The zero-order valence-electron chi connectivity index (χ0n) is 8.35. The van der Waals surface area contributed by atoms with E-state index in [4.69, 9.17) is 5.11 Å². The predicted molar refractivity (Wildman–Crippen MR) is 48.2 cm³/mol. The number of carbonyl (C=O) groups is 2. The van der Waals surface area contributed by atoms with Crippen molar-refractivity contribution in [3.8, 4) is 0 Å². The van der Waals surface area contributed by atoms with Crippen molar-refractivity contribution in [2.75, 3.05) is 0 Å². The average Bonchev–Trinajstić information content (AvgIpc) is 2.49. The molecule has 1 atom stereocenters. The Morgan fingerprint density at radius 2 is 2.27 bits per heavy atom. The van der Waals surface area contributed by atoms with E-state index in [2.05, 4.69) is 20.0 Å². The van der Waals surface area contributed by atoms with Crippen molar-refractivity contribution in [3.05, 3.63) is 11.7 Å². The second-order valence-corrected chi connectivity index (χ2v) is 3.11. The van der Waals surface area contributed by atoms with E-state index >= 15 is 0 Å². The quantitative estimate of drug-likeness (QED) is 0.727. The summed E-state index contributed by atoms with van der Waals surface area (Å²) in [6.07, 6.45) is -0.150. The first kappa shape index (κ1) is 11.2. The summed E-state index contributed by atoms with van der Waals surface area (Å²) in [6.45, 7) is 3.14. The number of carboxylic acid groups (broad SMARTS) is 1. The summed E-state index contributed by atoms with van der Waals surface area (Å²) < 4.78 is 4.61. The first-order valence-corrected chi connectivity index (χ1v) is 4.32. The third-order valence-electron chi connectivity index (χ3n) is 1.59. The zero-order valence-corrected chi connectivity index (χ0v) is 8.35. The Bertz CT molecular complexity index is 374. The number of hydrogen-bond donors (Lipinski definition) is 2. The second kappa shape index (κ2) is 4.54. The van der Waals surface area contributed by atoms with Crippen LogP contribution in [-0.4, -0.2) is 33.2 Å². The fourth-order valence-electron chi connectivity index (χ4n) is 0.993. The Hall–Kier alpha value is -1.92. The number of carbonyl (C=O) groups excluding carboxylic acids is 1. The molecule has 0 fully saturated rings. The summed E-state index contributed by atoms with van der Waals surface area (Å²) in [5, 5.41) is 14.3. The van der Waals surface area contributed by atoms with Gasteiger partial charge in [0.2, 0.25) is 5.89 Å². The van der Waals surface area contributed by atoms with Gasteiger partial charge in [0.05, 0.1) is 6.42 Å². The first-order valence-electron chi connectivity index (χ1n) is 4.32. The molecule has 2 N–H and O–H groups in total. The molecular formula is C8H11N3O4. The van der Waals surface area contributed by atoms with Crippen molar-refractivity contribution in [2.45, 2.75) is 26.3 Å². The van der Waals surface area contributed by atoms with Gasteiger partial charge in [-0.3, -0.25) is 9.59 Å². The predicted octanol–water partition coefficient (Wildman–Crippen LogP) is -0.0290. The number of aliphatic carboxylic acids is 1. The highest BCUT2D eigenvalue weighted by atomic mass is 16.5. The van der Waals surface area contributed by atoms with Crippen LogP contribution in [0.1, 0.15) is 29.9 Å². The van der Waals surface area contributed by atoms with Gasteiger partial charge in [-0.15, -0.1) is 0 Å². The Balaban J connectivity index is 2.52. The third kappa shape index (κ3) is 3.37. The second-order valence-electron chi connectivity index (χ2n) is 3.11. The molecule has 7 nitrogen and oxygen atoms in total. The molecule has 0 spiro atoms. The van der Waals surface area contributed by atoms with Gasteiger partial charge in [-0.1, -0.05) is 5.16 Å². The molecule has 0 saturated carbocycles. The molecule has 0 bridgehead atoms. The monoisotopic (exact) mass is 213 g/mol. The molecule has 0 saturated heterocycles. The molecule has 0 aromatic carbocycles. The van der Waals surface area contributed by atoms with Crippen molar-refractivity contribution in [1.82, 2.24) is 15.5 Å². The van der Waals surface area contributed by atoms with E-state index in [0.29, 0.717) is 0 Å². The molecule has 0 aliphatic heterocycles. The molecule has 15 heavy (non-hydrogen) atoms. The van der Waals surface area contributed by atoms with Crippen LogP contribution in [0.15, 0.2) is 4.52 Å². The average molecular weight is 213 g/mol. The Morgan fingerprint density at radius 1 is 1.60 bits per heavy atom. The SMILES string of the molecule is Cc1nc(C(=O)NC(C)CC(=O)O)no1.